The second-order valence-corrected chi connectivity index (χ2v) is 6.38. The Hall–Kier alpha value is -2.79. The number of hydrogen-bond donors (Lipinski definition) is 1. The number of nitrogens with zero attached hydrogens (tertiary/aromatic N) is 1. The van der Waals surface area contributed by atoms with E-state index in [0.29, 0.717) is 27.8 Å². The minimum absolute atomic E-state index is 0.256. The molecule has 6 heteroatoms. The summed E-state index contributed by atoms with van der Waals surface area (Å²) < 4.78 is 10.6. The van der Waals surface area contributed by atoms with E-state index in [9.17, 15) is 4.79 Å². The highest BCUT2D eigenvalue weighted by Gasteiger charge is 2.16. The second kappa shape index (κ2) is 7.22. The number of ether oxygens (including phenoxy) is 2. The molecule has 5 nitrogen and oxygen atoms in total. The lowest BCUT2D eigenvalue weighted by atomic mass is 10.0. The van der Waals surface area contributed by atoms with Gasteiger partial charge in [0.25, 0.3) is 5.91 Å². The van der Waals surface area contributed by atoms with Crippen molar-refractivity contribution < 1.29 is 14.3 Å². The number of amides is 1. The first-order valence-electron chi connectivity index (χ1n) is 8.04. The van der Waals surface area contributed by atoms with Gasteiger partial charge in [0.15, 0.2) is 0 Å². The molecule has 26 heavy (non-hydrogen) atoms. The quantitative estimate of drug-likeness (QED) is 0.718. The smallest absolute Gasteiger partial charge is 0.256 e. The molecule has 1 N–H and O–H groups in total. The Labute approximate surface area is 156 Å². The topological polar surface area (TPSA) is 60.5 Å². The number of carbonyl (C=O) groups excluding carboxylic acids is 1. The molecule has 2 aromatic carbocycles. The molecule has 3 rings (SSSR count). The SMILES string of the molecule is COc1cc(NC(=O)c2cc(C)nc3ccc(C)cc23)c(OC)cc1Cl. The number of rotatable bonds is 4. The largest absolute Gasteiger partial charge is 0.495 e. The number of hydrogen-bond acceptors (Lipinski definition) is 4. The maximum atomic E-state index is 13.0. The molecule has 0 aliphatic rings. The normalized spacial score (nSPS) is 10.7. The maximum absolute atomic E-state index is 13.0. The van der Waals surface area contributed by atoms with Crippen molar-refractivity contribution in [2.75, 3.05) is 19.5 Å². The number of fused-ring (bicyclic) bond motifs is 1. The van der Waals surface area contributed by atoms with Gasteiger partial charge in [0.1, 0.15) is 11.5 Å². The van der Waals surface area contributed by atoms with E-state index >= 15 is 0 Å². The Balaban J connectivity index is 2.06. The Morgan fingerprint density at radius 2 is 1.77 bits per heavy atom. The molecule has 1 amide bonds. The molecular weight excluding hydrogens is 352 g/mol. The van der Waals surface area contributed by atoms with Gasteiger partial charge in [0.05, 0.1) is 36.0 Å². The van der Waals surface area contributed by atoms with Crippen LogP contribution in [0.15, 0.2) is 36.4 Å². The van der Waals surface area contributed by atoms with Crippen molar-refractivity contribution in [1.82, 2.24) is 4.98 Å². The molecule has 1 heterocycles. The highest BCUT2D eigenvalue weighted by Crippen LogP contribution is 2.36. The summed E-state index contributed by atoms with van der Waals surface area (Å²) in [7, 11) is 3.03. The van der Waals surface area contributed by atoms with Crippen LogP contribution in [-0.4, -0.2) is 25.1 Å². The van der Waals surface area contributed by atoms with E-state index in [1.807, 2.05) is 32.0 Å². The number of nitrogens with one attached hydrogen (secondary N) is 1. The van der Waals surface area contributed by atoms with Crippen molar-refractivity contribution in [2.45, 2.75) is 13.8 Å². The molecule has 0 spiro atoms. The summed E-state index contributed by atoms with van der Waals surface area (Å²) in [6, 6.07) is 10.9. The first-order valence-corrected chi connectivity index (χ1v) is 8.41. The number of pyridine rings is 1. The predicted molar refractivity (Wildman–Crippen MR) is 104 cm³/mol. The van der Waals surface area contributed by atoms with E-state index < -0.39 is 0 Å². The summed E-state index contributed by atoms with van der Waals surface area (Å²) in [5.41, 5.74) is 3.64. The molecule has 0 saturated carbocycles. The van der Waals surface area contributed by atoms with E-state index in [2.05, 4.69) is 10.3 Å². The van der Waals surface area contributed by atoms with Crippen molar-refractivity contribution in [3.63, 3.8) is 0 Å². The van der Waals surface area contributed by atoms with Crippen LogP contribution >= 0.6 is 11.6 Å². The lowest BCUT2D eigenvalue weighted by Crippen LogP contribution is -2.14. The standard InChI is InChI=1S/C20H19ClN2O3/c1-11-5-6-16-13(7-11)14(8-12(2)22-16)20(24)23-17-10-18(25-3)15(21)9-19(17)26-4/h5-10H,1-4H3,(H,23,24). The van der Waals surface area contributed by atoms with Crippen LogP contribution in [0.3, 0.4) is 0 Å². The fourth-order valence-electron chi connectivity index (χ4n) is 2.81. The van der Waals surface area contributed by atoms with Gasteiger partial charge in [-0.3, -0.25) is 9.78 Å². The Bertz CT molecular complexity index is 1000. The molecule has 0 aliphatic heterocycles. The van der Waals surface area contributed by atoms with E-state index in [1.54, 1.807) is 18.2 Å². The molecule has 1 aromatic heterocycles. The fourth-order valence-corrected chi connectivity index (χ4v) is 3.04. The van der Waals surface area contributed by atoms with E-state index in [0.717, 1.165) is 22.2 Å². The number of benzene rings is 2. The van der Waals surface area contributed by atoms with Crippen molar-refractivity contribution in [2.24, 2.45) is 0 Å². The van der Waals surface area contributed by atoms with Gasteiger partial charge in [0.2, 0.25) is 0 Å². The van der Waals surface area contributed by atoms with Gasteiger partial charge in [-0.1, -0.05) is 23.2 Å². The zero-order valence-electron chi connectivity index (χ0n) is 15.0. The summed E-state index contributed by atoms with van der Waals surface area (Å²) in [5, 5.41) is 4.09. The maximum Gasteiger partial charge on any atom is 0.256 e. The number of anilines is 1. The van der Waals surface area contributed by atoms with Crippen molar-refractivity contribution in [1.29, 1.82) is 0 Å². The van der Waals surface area contributed by atoms with Crippen LogP contribution in [0, 0.1) is 13.8 Å². The molecular formula is C20H19ClN2O3. The van der Waals surface area contributed by atoms with Crippen LogP contribution in [0.2, 0.25) is 5.02 Å². The number of aromatic nitrogens is 1. The number of halogens is 1. The van der Waals surface area contributed by atoms with E-state index in [-0.39, 0.29) is 5.91 Å². The molecule has 0 saturated heterocycles. The summed E-state index contributed by atoms with van der Waals surface area (Å²) in [6.45, 7) is 3.84. The summed E-state index contributed by atoms with van der Waals surface area (Å²) >= 11 is 6.12. The number of carbonyl (C=O) groups is 1. The Morgan fingerprint density at radius 1 is 1.04 bits per heavy atom. The second-order valence-electron chi connectivity index (χ2n) is 5.97. The average molecular weight is 371 g/mol. The van der Waals surface area contributed by atoms with Crippen LogP contribution < -0.4 is 14.8 Å². The summed E-state index contributed by atoms with van der Waals surface area (Å²) in [5.74, 6) is 0.651. The molecule has 0 aliphatic carbocycles. The lowest BCUT2D eigenvalue weighted by molar-refractivity contribution is 0.102. The minimum atomic E-state index is -0.256. The molecule has 0 radical (unpaired) electrons. The Kier molecular flexibility index (Phi) is 5.00. The van der Waals surface area contributed by atoms with Gasteiger partial charge < -0.3 is 14.8 Å². The van der Waals surface area contributed by atoms with Crippen molar-refractivity contribution in [3.05, 3.63) is 58.2 Å². The van der Waals surface area contributed by atoms with Crippen LogP contribution in [0.25, 0.3) is 10.9 Å². The zero-order valence-corrected chi connectivity index (χ0v) is 15.8. The van der Waals surface area contributed by atoms with Gasteiger partial charge in [-0.15, -0.1) is 0 Å². The fraction of sp³-hybridized carbons (Fsp3) is 0.200. The molecule has 0 fully saturated rings. The van der Waals surface area contributed by atoms with Crippen LogP contribution in [0.5, 0.6) is 11.5 Å². The van der Waals surface area contributed by atoms with Crippen molar-refractivity contribution >= 4 is 34.1 Å². The van der Waals surface area contributed by atoms with Gasteiger partial charge >= 0.3 is 0 Å². The van der Waals surface area contributed by atoms with Crippen LogP contribution in [0.4, 0.5) is 5.69 Å². The molecule has 3 aromatic rings. The van der Waals surface area contributed by atoms with Gasteiger partial charge in [-0.05, 0) is 32.0 Å². The van der Waals surface area contributed by atoms with E-state index in [4.69, 9.17) is 21.1 Å². The summed E-state index contributed by atoms with van der Waals surface area (Å²) in [4.78, 5) is 17.5. The highest BCUT2D eigenvalue weighted by atomic mass is 35.5. The Morgan fingerprint density at radius 3 is 2.46 bits per heavy atom. The van der Waals surface area contributed by atoms with Crippen molar-refractivity contribution in [3.8, 4) is 11.5 Å². The predicted octanol–water partition coefficient (Wildman–Crippen LogP) is 4.77. The summed E-state index contributed by atoms with van der Waals surface area (Å²) in [6.07, 6.45) is 0. The zero-order chi connectivity index (χ0) is 18.8. The highest BCUT2D eigenvalue weighted by molar-refractivity contribution is 6.32. The third-order valence-electron chi connectivity index (χ3n) is 4.06. The monoisotopic (exact) mass is 370 g/mol. The first-order chi connectivity index (χ1) is 12.4. The molecule has 134 valence electrons. The minimum Gasteiger partial charge on any atom is -0.495 e. The van der Waals surface area contributed by atoms with E-state index in [1.165, 1.54) is 14.2 Å². The average Bonchev–Trinajstić information content (AvgIpc) is 2.62. The third-order valence-corrected chi connectivity index (χ3v) is 4.35. The van der Waals surface area contributed by atoms with Gasteiger partial charge in [0, 0.05) is 23.2 Å². The van der Waals surface area contributed by atoms with Crippen LogP contribution in [0.1, 0.15) is 21.6 Å². The van der Waals surface area contributed by atoms with Gasteiger partial charge in [-0.2, -0.15) is 0 Å². The third kappa shape index (κ3) is 3.44. The lowest BCUT2D eigenvalue weighted by Gasteiger charge is -2.14. The number of methoxy groups -OCH3 is 2. The molecule has 0 atom stereocenters. The molecule has 0 bridgehead atoms. The van der Waals surface area contributed by atoms with Crippen LogP contribution in [-0.2, 0) is 0 Å². The van der Waals surface area contributed by atoms with Gasteiger partial charge in [-0.25, -0.2) is 0 Å². The number of aryl methyl sites for hydroxylation is 2. The molecule has 0 unspecified atom stereocenters. The first kappa shape index (κ1) is 18.0.